The van der Waals surface area contributed by atoms with Crippen molar-refractivity contribution < 1.29 is 4.39 Å². The van der Waals surface area contributed by atoms with Gasteiger partial charge in [0, 0.05) is 12.7 Å². The second kappa shape index (κ2) is 5.88. The Labute approximate surface area is 93.8 Å². The van der Waals surface area contributed by atoms with Crippen molar-refractivity contribution in [1.29, 1.82) is 0 Å². The molecule has 1 aromatic rings. The third-order valence-electron chi connectivity index (χ3n) is 2.09. The van der Waals surface area contributed by atoms with Crippen molar-refractivity contribution in [2.45, 2.75) is 13.3 Å². The van der Waals surface area contributed by atoms with E-state index in [4.69, 9.17) is 17.3 Å². The van der Waals surface area contributed by atoms with E-state index in [2.05, 4.69) is 10.3 Å². The molecular formula is C10H15ClFN3. The molecule has 1 rings (SSSR count). The van der Waals surface area contributed by atoms with E-state index in [-0.39, 0.29) is 5.82 Å². The van der Waals surface area contributed by atoms with E-state index in [1.807, 2.05) is 6.92 Å². The van der Waals surface area contributed by atoms with Crippen LogP contribution in [0.3, 0.4) is 0 Å². The van der Waals surface area contributed by atoms with Crippen LogP contribution in [0.2, 0.25) is 5.02 Å². The van der Waals surface area contributed by atoms with Crippen LogP contribution in [0.4, 0.5) is 10.2 Å². The molecule has 0 saturated heterocycles. The first-order valence-electron chi connectivity index (χ1n) is 4.88. The second-order valence-electron chi connectivity index (χ2n) is 3.55. The third-order valence-corrected chi connectivity index (χ3v) is 2.29. The quantitative estimate of drug-likeness (QED) is 0.818. The van der Waals surface area contributed by atoms with Crippen molar-refractivity contribution in [3.8, 4) is 0 Å². The van der Waals surface area contributed by atoms with Gasteiger partial charge in [0.15, 0.2) is 11.6 Å². The normalized spacial score (nSPS) is 12.5. The van der Waals surface area contributed by atoms with E-state index in [9.17, 15) is 4.39 Å². The van der Waals surface area contributed by atoms with Gasteiger partial charge in [-0.3, -0.25) is 0 Å². The third kappa shape index (κ3) is 4.01. The maximum atomic E-state index is 13.3. The number of nitrogens with zero attached hydrogens (tertiary/aromatic N) is 1. The number of aromatic nitrogens is 1. The molecule has 1 unspecified atom stereocenters. The molecule has 0 bridgehead atoms. The molecule has 1 aromatic heterocycles. The monoisotopic (exact) mass is 231 g/mol. The second-order valence-corrected chi connectivity index (χ2v) is 3.98. The molecule has 0 amide bonds. The van der Waals surface area contributed by atoms with E-state index in [0.29, 0.717) is 24.0 Å². The minimum absolute atomic E-state index is 0.239. The smallest absolute Gasteiger partial charge is 0.166 e. The predicted molar refractivity (Wildman–Crippen MR) is 60.5 cm³/mol. The zero-order valence-electron chi connectivity index (χ0n) is 8.63. The Kier molecular flexibility index (Phi) is 4.78. The van der Waals surface area contributed by atoms with Crippen molar-refractivity contribution in [2.75, 3.05) is 18.4 Å². The van der Waals surface area contributed by atoms with Gasteiger partial charge in [-0.2, -0.15) is 0 Å². The number of halogens is 2. The van der Waals surface area contributed by atoms with Crippen LogP contribution in [-0.2, 0) is 0 Å². The highest BCUT2D eigenvalue weighted by molar-refractivity contribution is 6.30. The van der Waals surface area contributed by atoms with Crippen LogP contribution >= 0.6 is 11.6 Å². The topological polar surface area (TPSA) is 50.9 Å². The molecule has 0 aliphatic heterocycles. The van der Waals surface area contributed by atoms with Crippen LogP contribution in [-0.4, -0.2) is 18.1 Å². The Morgan fingerprint density at radius 2 is 2.40 bits per heavy atom. The fraction of sp³-hybridized carbons (Fsp3) is 0.500. The lowest BCUT2D eigenvalue weighted by Gasteiger charge is -2.12. The van der Waals surface area contributed by atoms with Crippen molar-refractivity contribution >= 4 is 17.4 Å². The Bertz CT molecular complexity index is 320. The van der Waals surface area contributed by atoms with Crippen LogP contribution < -0.4 is 11.1 Å². The molecule has 84 valence electrons. The van der Waals surface area contributed by atoms with Gasteiger partial charge in [0.25, 0.3) is 0 Å². The predicted octanol–water partition coefficient (Wildman–Crippen LogP) is 2.27. The number of nitrogens with two attached hydrogens (primary N) is 1. The molecule has 1 atom stereocenters. The number of anilines is 1. The van der Waals surface area contributed by atoms with E-state index in [1.54, 1.807) is 0 Å². The molecule has 1 heterocycles. The lowest BCUT2D eigenvalue weighted by atomic mass is 10.1. The summed E-state index contributed by atoms with van der Waals surface area (Å²) in [5.74, 6) is 0.206. The summed E-state index contributed by atoms with van der Waals surface area (Å²) in [6, 6.07) is 1.24. The van der Waals surface area contributed by atoms with Crippen LogP contribution in [0.15, 0.2) is 12.3 Å². The Balaban J connectivity index is 2.50. The zero-order valence-corrected chi connectivity index (χ0v) is 9.39. The summed E-state index contributed by atoms with van der Waals surface area (Å²) >= 11 is 5.58. The summed E-state index contributed by atoms with van der Waals surface area (Å²) in [5, 5.41) is 3.22. The van der Waals surface area contributed by atoms with Gasteiger partial charge >= 0.3 is 0 Å². The van der Waals surface area contributed by atoms with Gasteiger partial charge in [-0.1, -0.05) is 18.5 Å². The van der Waals surface area contributed by atoms with Crippen molar-refractivity contribution in [1.82, 2.24) is 4.98 Å². The minimum Gasteiger partial charge on any atom is -0.367 e. The van der Waals surface area contributed by atoms with Crippen LogP contribution in [0, 0.1) is 11.7 Å². The summed E-state index contributed by atoms with van der Waals surface area (Å²) in [5.41, 5.74) is 5.41. The molecule has 0 saturated carbocycles. The molecule has 0 aliphatic carbocycles. The lowest BCUT2D eigenvalue weighted by molar-refractivity contribution is 0.562. The highest BCUT2D eigenvalue weighted by atomic mass is 35.5. The van der Waals surface area contributed by atoms with E-state index in [1.165, 1.54) is 12.3 Å². The summed E-state index contributed by atoms with van der Waals surface area (Å²) in [6.45, 7) is 3.34. The van der Waals surface area contributed by atoms with Crippen molar-refractivity contribution in [2.24, 2.45) is 11.7 Å². The van der Waals surface area contributed by atoms with E-state index >= 15 is 0 Å². The molecule has 0 aliphatic rings. The highest BCUT2D eigenvalue weighted by Gasteiger charge is 2.06. The lowest BCUT2D eigenvalue weighted by Crippen LogP contribution is -2.16. The number of hydrogen-bond donors (Lipinski definition) is 2. The SMILES string of the molecule is CC(CCN)CNc1ncc(Cl)cc1F. The summed E-state index contributed by atoms with van der Waals surface area (Å²) in [7, 11) is 0. The summed E-state index contributed by atoms with van der Waals surface area (Å²) in [6.07, 6.45) is 2.32. The van der Waals surface area contributed by atoms with Gasteiger partial charge in [0.1, 0.15) is 0 Å². The maximum absolute atomic E-state index is 13.3. The average molecular weight is 232 g/mol. The number of hydrogen-bond acceptors (Lipinski definition) is 3. The Morgan fingerprint density at radius 3 is 3.00 bits per heavy atom. The minimum atomic E-state index is -0.428. The number of rotatable bonds is 5. The van der Waals surface area contributed by atoms with Crippen molar-refractivity contribution in [3.05, 3.63) is 23.1 Å². The maximum Gasteiger partial charge on any atom is 0.166 e. The Morgan fingerprint density at radius 1 is 1.67 bits per heavy atom. The summed E-state index contributed by atoms with van der Waals surface area (Å²) < 4.78 is 13.3. The molecule has 0 fully saturated rings. The van der Waals surface area contributed by atoms with Gasteiger partial charge in [-0.25, -0.2) is 9.37 Å². The van der Waals surface area contributed by atoms with Crippen LogP contribution in [0.25, 0.3) is 0 Å². The first-order chi connectivity index (χ1) is 7.13. The largest absolute Gasteiger partial charge is 0.367 e. The van der Waals surface area contributed by atoms with Gasteiger partial charge in [-0.05, 0) is 24.9 Å². The van der Waals surface area contributed by atoms with Crippen LogP contribution in [0.5, 0.6) is 0 Å². The average Bonchev–Trinajstić information content (AvgIpc) is 2.17. The first kappa shape index (κ1) is 12.2. The van der Waals surface area contributed by atoms with Crippen LogP contribution in [0.1, 0.15) is 13.3 Å². The number of nitrogens with one attached hydrogen (secondary N) is 1. The molecular weight excluding hydrogens is 217 g/mol. The standard InChI is InChI=1S/C10H15ClFN3/c1-7(2-3-13)5-14-10-9(12)4-8(11)6-15-10/h4,6-7H,2-3,5,13H2,1H3,(H,14,15). The number of pyridine rings is 1. The van der Waals surface area contributed by atoms with Gasteiger partial charge in [0.2, 0.25) is 0 Å². The molecule has 15 heavy (non-hydrogen) atoms. The molecule has 0 radical (unpaired) electrons. The first-order valence-corrected chi connectivity index (χ1v) is 5.26. The molecule has 3 N–H and O–H groups in total. The van der Waals surface area contributed by atoms with E-state index < -0.39 is 5.82 Å². The van der Waals surface area contributed by atoms with E-state index in [0.717, 1.165) is 6.42 Å². The molecule has 0 aromatic carbocycles. The highest BCUT2D eigenvalue weighted by Crippen LogP contribution is 2.15. The summed E-state index contributed by atoms with van der Waals surface area (Å²) in [4.78, 5) is 3.86. The molecule has 0 spiro atoms. The van der Waals surface area contributed by atoms with Gasteiger partial charge in [0.05, 0.1) is 5.02 Å². The fourth-order valence-corrected chi connectivity index (χ4v) is 1.35. The van der Waals surface area contributed by atoms with Crippen molar-refractivity contribution in [3.63, 3.8) is 0 Å². The fourth-order valence-electron chi connectivity index (χ4n) is 1.20. The zero-order chi connectivity index (χ0) is 11.3. The van der Waals surface area contributed by atoms with Gasteiger partial charge in [-0.15, -0.1) is 0 Å². The molecule has 3 nitrogen and oxygen atoms in total. The molecule has 5 heteroatoms. The Hall–Kier alpha value is -0.870. The van der Waals surface area contributed by atoms with Gasteiger partial charge < -0.3 is 11.1 Å².